The predicted octanol–water partition coefficient (Wildman–Crippen LogP) is -0.314. The number of aliphatic carboxylic acids is 1. The highest BCUT2D eigenvalue weighted by Crippen LogP contribution is 2.08. The summed E-state index contributed by atoms with van der Waals surface area (Å²) in [5, 5.41) is 13.4. The van der Waals surface area contributed by atoms with E-state index in [1.165, 1.54) is 12.4 Å². The molecule has 0 aromatic heterocycles. The summed E-state index contributed by atoms with van der Waals surface area (Å²) >= 11 is 0. The Labute approximate surface area is 86.4 Å². The lowest BCUT2D eigenvalue weighted by atomic mass is 10.0. The molecule has 1 rings (SSSR count). The molecule has 0 spiro atoms. The molecule has 6 nitrogen and oxygen atoms in total. The minimum Gasteiger partial charge on any atom is -0.479 e. The first kappa shape index (κ1) is 11.1. The molecule has 80 valence electrons. The van der Waals surface area contributed by atoms with Crippen LogP contribution >= 0.6 is 0 Å². The number of nitrogens with two attached hydrogens (primary N) is 1. The van der Waals surface area contributed by atoms with E-state index in [1.54, 1.807) is 18.2 Å². The summed E-state index contributed by atoms with van der Waals surface area (Å²) in [7, 11) is 0. The van der Waals surface area contributed by atoms with Crippen LogP contribution in [-0.4, -0.2) is 33.7 Å². The summed E-state index contributed by atoms with van der Waals surface area (Å²) in [4.78, 5) is 22.4. The largest absolute Gasteiger partial charge is 0.479 e. The molecule has 0 bridgehead atoms. The number of carboxylic acids is 1. The van der Waals surface area contributed by atoms with E-state index in [4.69, 9.17) is 10.8 Å². The summed E-state index contributed by atoms with van der Waals surface area (Å²) in [6.07, 6.45) is 7.54. The number of carbonyl (C=O) groups excluding carboxylic acids is 1. The van der Waals surface area contributed by atoms with E-state index in [2.05, 4.69) is 5.10 Å². The minimum atomic E-state index is -1.98. The third-order valence-corrected chi connectivity index (χ3v) is 1.82. The van der Waals surface area contributed by atoms with Gasteiger partial charge in [0.25, 0.3) is 5.91 Å². The fourth-order valence-corrected chi connectivity index (χ4v) is 0.843. The van der Waals surface area contributed by atoms with E-state index in [1.807, 2.05) is 0 Å². The van der Waals surface area contributed by atoms with Crippen LogP contribution in [0, 0.1) is 0 Å². The van der Waals surface area contributed by atoms with Gasteiger partial charge in [0.15, 0.2) is 5.54 Å². The maximum absolute atomic E-state index is 11.6. The van der Waals surface area contributed by atoms with Crippen molar-refractivity contribution in [1.29, 1.82) is 0 Å². The molecule has 0 aromatic carbocycles. The molecule has 0 radical (unpaired) electrons. The highest BCUT2D eigenvalue weighted by Gasteiger charge is 2.39. The zero-order valence-electron chi connectivity index (χ0n) is 8.12. The van der Waals surface area contributed by atoms with Gasteiger partial charge in [-0.05, 0) is 19.1 Å². The first-order valence-corrected chi connectivity index (χ1v) is 4.19. The number of carbonyl (C=O) groups is 2. The Kier molecular flexibility index (Phi) is 3.01. The van der Waals surface area contributed by atoms with Crippen molar-refractivity contribution in [2.75, 3.05) is 0 Å². The lowest BCUT2D eigenvalue weighted by Gasteiger charge is -2.22. The van der Waals surface area contributed by atoms with Gasteiger partial charge in [0, 0.05) is 12.4 Å². The molecule has 1 aliphatic heterocycles. The minimum absolute atomic E-state index is 0.800. The van der Waals surface area contributed by atoms with Crippen molar-refractivity contribution in [2.45, 2.75) is 12.5 Å². The topological polar surface area (TPSA) is 96.0 Å². The van der Waals surface area contributed by atoms with Crippen LogP contribution in [0.1, 0.15) is 6.92 Å². The Hall–Kier alpha value is -1.95. The molecule has 1 aliphatic rings. The maximum atomic E-state index is 11.6. The fraction of sp³-hybridized carbons (Fsp3) is 0.222. The molecule has 1 atom stereocenters. The Morgan fingerprint density at radius 2 is 2.07 bits per heavy atom. The van der Waals surface area contributed by atoms with E-state index in [0.29, 0.717) is 0 Å². The lowest BCUT2D eigenvalue weighted by Crippen LogP contribution is -2.56. The van der Waals surface area contributed by atoms with Crippen molar-refractivity contribution in [1.82, 2.24) is 5.01 Å². The fourth-order valence-electron chi connectivity index (χ4n) is 0.843. The number of amides is 1. The molecule has 1 amide bonds. The molecule has 3 N–H and O–H groups in total. The van der Waals surface area contributed by atoms with Gasteiger partial charge in [0.2, 0.25) is 0 Å². The number of hydrogen-bond donors (Lipinski definition) is 2. The number of allylic oxidation sites excluding steroid dienone is 3. The second-order valence-corrected chi connectivity index (χ2v) is 3.15. The summed E-state index contributed by atoms with van der Waals surface area (Å²) in [6, 6.07) is 0. The molecule has 1 heterocycles. The molecular formula is C9H11N3O3. The van der Waals surface area contributed by atoms with Gasteiger partial charge in [-0.25, -0.2) is 9.80 Å². The molecule has 0 saturated heterocycles. The van der Waals surface area contributed by atoms with Gasteiger partial charge in [-0.15, -0.1) is 0 Å². The molecular weight excluding hydrogens is 198 g/mol. The van der Waals surface area contributed by atoms with Crippen LogP contribution in [0.4, 0.5) is 0 Å². The number of rotatable bonds is 2. The second kappa shape index (κ2) is 4.05. The van der Waals surface area contributed by atoms with Crippen LogP contribution in [0.15, 0.2) is 29.5 Å². The Morgan fingerprint density at radius 3 is 2.67 bits per heavy atom. The molecule has 6 heteroatoms. The maximum Gasteiger partial charge on any atom is 0.333 e. The molecule has 0 saturated carbocycles. The molecule has 0 aromatic rings. The van der Waals surface area contributed by atoms with Crippen LogP contribution in [0.25, 0.3) is 0 Å². The first-order valence-electron chi connectivity index (χ1n) is 4.19. The van der Waals surface area contributed by atoms with E-state index < -0.39 is 17.4 Å². The average Bonchev–Trinajstić information content (AvgIpc) is 2.44. The van der Waals surface area contributed by atoms with Crippen LogP contribution in [-0.2, 0) is 9.59 Å². The lowest BCUT2D eigenvalue weighted by molar-refractivity contribution is -0.151. The molecule has 15 heavy (non-hydrogen) atoms. The van der Waals surface area contributed by atoms with Crippen molar-refractivity contribution < 1.29 is 14.7 Å². The standard InChI is InChI=1S/C9H11N3O3/c1-9(10,8(14)15)7(13)12-6-4-2-3-5-11-12/h2-6H,10H2,1H3,(H,14,15). The molecule has 0 aliphatic carbocycles. The quantitative estimate of drug-likeness (QED) is 0.609. The zero-order valence-corrected chi connectivity index (χ0v) is 8.12. The first-order chi connectivity index (χ1) is 6.96. The number of nitrogens with zero attached hydrogens (tertiary/aromatic N) is 2. The number of hydrazone groups is 1. The number of carboxylic acid groups (broad SMARTS) is 1. The van der Waals surface area contributed by atoms with Gasteiger partial charge in [-0.1, -0.05) is 6.08 Å². The van der Waals surface area contributed by atoms with E-state index >= 15 is 0 Å². The van der Waals surface area contributed by atoms with E-state index in [9.17, 15) is 9.59 Å². The van der Waals surface area contributed by atoms with Crippen LogP contribution in [0.5, 0.6) is 0 Å². The van der Waals surface area contributed by atoms with Gasteiger partial charge >= 0.3 is 5.97 Å². The van der Waals surface area contributed by atoms with Crippen molar-refractivity contribution in [3.05, 3.63) is 24.4 Å². The Balaban J connectivity index is 2.90. The van der Waals surface area contributed by atoms with Crippen molar-refractivity contribution in [2.24, 2.45) is 10.8 Å². The van der Waals surface area contributed by atoms with Crippen LogP contribution < -0.4 is 5.73 Å². The average molecular weight is 209 g/mol. The van der Waals surface area contributed by atoms with E-state index in [-0.39, 0.29) is 0 Å². The van der Waals surface area contributed by atoms with Gasteiger partial charge in [0.05, 0.1) is 0 Å². The van der Waals surface area contributed by atoms with Crippen molar-refractivity contribution in [3.8, 4) is 0 Å². The monoisotopic (exact) mass is 209 g/mol. The highest BCUT2D eigenvalue weighted by atomic mass is 16.4. The molecule has 0 fully saturated rings. The van der Waals surface area contributed by atoms with Crippen LogP contribution in [0.3, 0.4) is 0 Å². The van der Waals surface area contributed by atoms with E-state index in [0.717, 1.165) is 11.9 Å². The van der Waals surface area contributed by atoms with Crippen molar-refractivity contribution in [3.63, 3.8) is 0 Å². The third kappa shape index (κ3) is 2.29. The third-order valence-electron chi connectivity index (χ3n) is 1.82. The SMILES string of the molecule is CC(N)(C(=O)O)C(=O)N1C=CC=CC=N1. The van der Waals surface area contributed by atoms with Crippen LogP contribution in [0.2, 0.25) is 0 Å². The van der Waals surface area contributed by atoms with Gasteiger partial charge < -0.3 is 10.8 Å². The predicted molar refractivity (Wildman–Crippen MR) is 53.8 cm³/mol. The normalized spacial score (nSPS) is 18.4. The number of hydrogen-bond acceptors (Lipinski definition) is 4. The summed E-state index contributed by atoms with van der Waals surface area (Å²) in [5.74, 6) is -2.19. The Bertz CT molecular complexity index is 353. The summed E-state index contributed by atoms with van der Waals surface area (Å²) < 4.78 is 0. The summed E-state index contributed by atoms with van der Waals surface area (Å²) in [5.41, 5.74) is 3.39. The Morgan fingerprint density at radius 1 is 1.40 bits per heavy atom. The zero-order chi connectivity index (χ0) is 11.5. The second-order valence-electron chi connectivity index (χ2n) is 3.15. The summed E-state index contributed by atoms with van der Waals surface area (Å²) in [6.45, 7) is 1.12. The van der Waals surface area contributed by atoms with Gasteiger partial charge in [0.1, 0.15) is 0 Å². The van der Waals surface area contributed by atoms with Crippen molar-refractivity contribution >= 4 is 18.1 Å². The molecule has 1 unspecified atom stereocenters. The van der Waals surface area contributed by atoms with Gasteiger partial charge in [-0.3, -0.25) is 4.79 Å². The highest BCUT2D eigenvalue weighted by molar-refractivity contribution is 6.06. The van der Waals surface area contributed by atoms with Gasteiger partial charge in [-0.2, -0.15) is 5.10 Å². The smallest absolute Gasteiger partial charge is 0.333 e.